The summed E-state index contributed by atoms with van der Waals surface area (Å²) in [4.78, 5) is 33.8. The fourth-order valence-electron chi connectivity index (χ4n) is 4.66. The number of hydroxylamine groups is 1. The average molecular weight is 559 g/mol. The molecule has 0 radical (unpaired) electrons. The van der Waals surface area contributed by atoms with Crippen molar-refractivity contribution in [3.05, 3.63) is 75.1 Å². The lowest BCUT2D eigenvalue weighted by Crippen LogP contribution is -2.37. The van der Waals surface area contributed by atoms with Crippen LogP contribution < -0.4 is 21.5 Å². The summed E-state index contributed by atoms with van der Waals surface area (Å²) in [5.41, 5.74) is 0.199. The van der Waals surface area contributed by atoms with Gasteiger partial charge in [-0.2, -0.15) is 0 Å². The summed E-state index contributed by atoms with van der Waals surface area (Å²) >= 11 is 0. The second-order valence-corrected chi connectivity index (χ2v) is 11.6. The lowest BCUT2D eigenvalue weighted by Gasteiger charge is -2.29. The highest BCUT2D eigenvalue weighted by Crippen LogP contribution is 2.25. The average Bonchev–Trinajstić information content (AvgIpc) is 2.96. The number of rotatable bonds is 15. The molecule has 210 valence electrons. The Hall–Kier alpha value is -3.15. The Morgan fingerprint density at radius 3 is 2.23 bits per heavy atom. The molecule has 1 aliphatic rings. The summed E-state index contributed by atoms with van der Waals surface area (Å²) < 4.78 is 40.9. The van der Waals surface area contributed by atoms with Crippen molar-refractivity contribution >= 4 is 27.1 Å². The van der Waals surface area contributed by atoms with E-state index in [0.29, 0.717) is 24.3 Å². The van der Waals surface area contributed by atoms with Gasteiger partial charge in [-0.1, -0.05) is 43.0 Å². The molecule has 1 saturated carbocycles. The van der Waals surface area contributed by atoms with Gasteiger partial charge >= 0.3 is 0 Å². The predicted octanol–water partition coefficient (Wildman–Crippen LogP) is 4.88. The summed E-state index contributed by atoms with van der Waals surface area (Å²) in [6.07, 6.45) is 11.9. The molecule has 0 aliphatic heterocycles. The van der Waals surface area contributed by atoms with Crippen molar-refractivity contribution in [2.75, 3.05) is 23.7 Å². The maximum Gasteiger partial charge on any atom is 0.265 e. The van der Waals surface area contributed by atoms with Crippen LogP contribution in [0, 0.1) is 5.82 Å². The zero-order valence-electron chi connectivity index (χ0n) is 21.9. The number of sulfonamides is 1. The standard InChI is InChI=1S/C28H35FN4O5S/c29-21-11-13-24(14-12-21)39(36,37)33(38-23-9-5-4-6-10-23)20-8-3-1-2-7-17-31-25-26(28(35)27(25)34)32-22-15-18-30-19-16-22/h11-16,18-19,23,31H,1-10,17,20H2,(H,30,32). The quantitative estimate of drug-likeness (QED) is 0.154. The molecule has 3 aromatic rings. The Labute approximate surface area is 228 Å². The molecular formula is C28H35FN4O5S. The first-order chi connectivity index (χ1) is 18.9. The van der Waals surface area contributed by atoms with Crippen LogP contribution in [0.25, 0.3) is 0 Å². The molecule has 2 N–H and O–H groups in total. The molecule has 4 rings (SSSR count). The fraction of sp³-hybridized carbons (Fsp3) is 0.464. The largest absolute Gasteiger partial charge is 0.380 e. The summed E-state index contributed by atoms with van der Waals surface area (Å²) in [5, 5.41) is 6.03. The molecule has 0 spiro atoms. The molecule has 0 unspecified atom stereocenters. The number of pyridine rings is 1. The van der Waals surface area contributed by atoms with Crippen molar-refractivity contribution in [1.29, 1.82) is 0 Å². The highest BCUT2D eigenvalue weighted by atomic mass is 32.2. The van der Waals surface area contributed by atoms with Crippen molar-refractivity contribution in [3.63, 3.8) is 0 Å². The Bertz CT molecular complexity index is 1370. The highest BCUT2D eigenvalue weighted by molar-refractivity contribution is 7.89. The van der Waals surface area contributed by atoms with Gasteiger partial charge in [0.25, 0.3) is 20.9 Å². The summed E-state index contributed by atoms with van der Waals surface area (Å²) in [5.74, 6) is -0.492. The zero-order chi connectivity index (χ0) is 27.7. The first kappa shape index (κ1) is 28.8. The molecule has 1 aliphatic carbocycles. The van der Waals surface area contributed by atoms with Gasteiger partial charge in [0, 0.05) is 31.2 Å². The summed E-state index contributed by atoms with van der Waals surface area (Å²) in [6.45, 7) is 0.772. The number of aromatic nitrogens is 1. The van der Waals surface area contributed by atoms with Gasteiger partial charge < -0.3 is 10.6 Å². The highest BCUT2D eigenvalue weighted by Gasteiger charge is 2.29. The lowest BCUT2D eigenvalue weighted by molar-refractivity contribution is -0.143. The molecule has 2 aromatic carbocycles. The van der Waals surface area contributed by atoms with E-state index in [1.165, 1.54) is 12.1 Å². The van der Waals surface area contributed by atoms with E-state index in [1.807, 2.05) is 0 Å². The van der Waals surface area contributed by atoms with E-state index in [2.05, 4.69) is 15.6 Å². The van der Waals surface area contributed by atoms with E-state index in [-0.39, 0.29) is 23.2 Å². The van der Waals surface area contributed by atoms with E-state index in [1.54, 1.807) is 24.5 Å². The Balaban J connectivity index is 1.21. The maximum atomic E-state index is 13.4. The third-order valence-electron chi connectivity index (χ3n) is 6.88. The van der Waals surface area contributed by atoms with Crippen LogP contribution in [0.2, 0.25) is 0 Å². The normalized spacial score (nSPS) is 14.6. The minimum atomic E-state index is -3.90. The van der Waals surface area contributed by atoms with Gasteiger partial charge in [-0.25, -0.2) is 12.8 Å². The van der Waals surface area contributed by atoms with Gasteiger partial charge in [-0.15, -0.1) is 0 Å². The van der Waals surface area contributed by atoms with Crippen LogP contribution in [-0.4, -0.2) is 37.1 Å². The van der Waals surface area contributed by atoms with Gasteiger partial charge in [-0.05, 0) is 62.1 Å². The maximum absolute atomic E-state index is 13.4. The van der Waals surface area contributed by atoms with E-state index in [0.717, 1.165) is 74.4 Å². The lowest BCUT2D eigenvalue weighted by atomic mass is 9.98. The SMILES string of the molecule is O=c1c(NCCCCCCCN(OC2CCCCC2)S(=O)(=O)c2ccc(F)cc2)c(Nc2ccncc2)c1=O. The van der Waals surface area contributed by atoms with E-state index in [9.17, 15) is 22.4 Å². The molecule has 1 heterocycles. The zero-order valence-corrected chi connectivity index (χ0v) is 22.7. The first-order valence-corrected chi connectivity index (χ1v) is 15.0. The summed E-state index contributed by atoms with van der Waals surface area (Å²) in [6, 6.07) is 8.24. The first-order valence-electron chi connectivity index (χ1n) is 13.6. The minimum Gasteiger partial charge on any atom is -0.380 e. The Kier molecular flexibility index (Phi) is 10.2. The van der Waals surface area contributed by atoms with Crippen LogP contribution in [0.4, 0.5) is 21.5 Å². The van der Waals surface area contributed by atoms with Crippen molar-refractivity contribution in [3.8, 4) is 0 Å². The van der Waals surface area contributed by atoms with Crippen molar-refractivity contribution < 1.29 is 17.6 Å². The predicted molar refractivity (Wildman–Crippen MR) is 149 cm³/mol. The Morgan fingerprint density at radius 2 is 1.51 bits per heavy atom. The number of anilines is 3. The molecular weight excluding hydrogens is 523 g/mol. The van der Waals surface area contributed by atoms with Gasteiger partial charge in [0.1, 0.15) is 17.2 Å². The smallest absolute Gasteiger partial charge is 0.265 e. The van der Waals surface area contributed by atoms with E-state index >= 15 is 0 Å². The molecule has 1 aromatic heterocycles. The van der Waals surface area contributed by atoms with Crippen molar-refractivity contribution in [1.82, 2.24) is 9.45 Å². The van der Waals surface area contributed by atoms with E-state index < -0.39 is 26.7 Å². The topological polar surface area (TPSA) is 118 Å². The minimum absolute atomic E-state index is 0.0156. The van der Waals surface area contributed by atoms with Crippen LogP contribution in [-0.2, 0) is 14.9 Å². The van der Waals surface area contributed by atoms with Gasteiger partial charge in [0.15, 0.2) is 0 Å². The van der Waals surface area contributed by atoms with Gasteiger partial charge in [0.2, 0.25) is 0 Å². The second kappa shape index (κ2) is 13.8. The van der Waals surface area contributed by atoms with Gasteiger partial charge in [0.05, 0.1) is 11.0 Å². The fourth-order valence-corrected chi connectivity index (χ4v) is 5.98. The molecule has 9 nitrogen and oxygen atoms in total. The molecule has 0 saturated heterocycles. The summed E-state index contributed by atoms with van der Waals surface area (Å²) in [7, 11) is -3.90. The monoisotopic (exact) mass is 558 g/mol. The second-order valence-electron chi connectivity index (χ2n) is 9.81. The van der Waals surface area contributed by atoms with Crippen LogP contribution in [0.15, 0.2) is 63.3 Å². The third-order valence-corrected chi connectivity index (χ3v) is 8.55. The molecule has 39 heavy (non-hydrogen) atoms. The molecule has 0 amide bonds. The number of halogens is 1. The number of hydrogen-bond acceptors (Lipinski definition) is 8. The van der Waals surface area contributed by atoms with Crippen LogP contribution >= 0.6 is 0 Å². The number of nitrogens with zero attached hydrogens (tertiary/aromatic N) is 2. The number of benzene rings is 1. The van der Waals surface area contributed by atoms with Gasteiger partial charge in [-0.3, -0.25) is 19.4 Å². The Morgan fingerprint density at radius 1 is 0.872 bits per heavy atom. The van der Waals surface area contributed by atoms with Crippen LogP contribution in [0.1, 0.15) is 64.2 Å². The number of nitrogens with one attached hydrogen (secondary N) is 2. The molecule has 1 fully saturated rings. The van der Waals surface area contributed by atoms with Crippen LogP contribution in [0.3, 0.4) is 0 Å². The molecule has 11 heteroatoms. The van der Waals surface area contributed by atoms with E-state index in [4.69, 9.17) is 4.84 Å². The number of hydrogen-bond donors (Lipinski definition) is 2. The number of unbranched alkanes of at least 4 members (excludes halogenated alkanes) is 4. The molecule has 0 atom stereocenters. The van der Waals surface area contributed by atoms with Crippen molar-refractivity contribution in [2.24, 2.45) is 0 Å². The molecule has 0 bridgehead atoms. The van der Waals surface area contributed by atoms with Crippen LogP contribution in [0.5, 0.6) is 0 Å². The third kappa shape index (κ3) is 7.71. The van der Waals surface area contributed by atoms with Crippen molar-refractivity contribution in [2.45, 2.75) is 75.2 Å².